The van der Waals surface area contributed by atoms with Crippen LogP contribution in [0.25, 0.3) is 0 Å². The van der Waals surface area contributed by atoms with Crippen LogP contribution in [0.4, 0.5) is 0 Å². The minimum atomic E-state index is 0.0222. The molecule has 0 saturated heterocycles. The average Bonchev–Trinajstić information content (AvgIpc) is 2.39. The van der Waals surface area contributed by atoms with E-state index < -0.39 is 0 Å². The topological polar surface area (TPSA) is 47.3 Å². The lowest BCUT2D eigenvalue weighted by Gasteiger charge is -2.33. The van der Waals surface area contributed by atoms with Gasteiger partial charge in [-0.25, -0.2) is 0 Å². The highest BCUT2D eigenvalue weighted by molar-refractivity contribution is 5.39. The largest absolute Gasteiger partial charge is 0.496 e. The molecule has 0 aliphatic heterocycles. The minimum absolute atomic E-state index is 0.0222. The fourth-order valence-electron chi connectivity index (χ4n) is 2.38. The summed E-state index contributed by atoms with van der Waals surface area (Å²) in [5, 5.41) is 3.38. The molecule has 3 nitrogen and oxygen atoms in total. The van der Waals surface area contributed by atoms with Gasteiger partial charge in [0.1, 0.15) is 5.75 Å². The number of hydrogen-bond acceptors (Lipinski definition) is 3. The van der Waals surface area contributed by atoms with Gasteiger partial charge < -0.3 is 15.8 Å². The number of benzene rings is 1. The van der Waals surface area contributed by atoms with E-state index in [9.17, 15) is 0 Å². The summed E-state index contributed by atoms with van der Waals surface area (Å²) in [6, 6.07) is 6.64. The Bertz CT molecular complexity index is 388. The van der Waals surface area contributed by atoms with E-state index in [2.05, 4.69) is 38.2 Å². The van der Waals surface area contributed by atoms with Crippen molar-refractivity contribution in [3.05, 3.63) is 29.3 Å². The Hall–Kier alpha value is -1.06. The summed E-state index contributed by atoms with van der Waals surface area (Å²) < 4.78 is 5.37. The number of ether oxygens (including phenoxy) is 1. The Morgan fingerprint density at radius 2 is 2.06 bits per heavy atom. The summed E-state index contributed by atoms with van der Waals surface area (Å²) in [4.78, 5) is 0. The summed E-state index contributed by atoms with van der Waals surface area (Å²) in [6.45, 7) is 7.16. The van der Waals surface area contributed by atoms with Crippen molar-refractivity contribution in [1.29, 1.82) is 0 Å². The Morgan fingerprint density at radius 3 is 2.50 bits per heavy atom. The number of aryl methyl sites for hydroxylation is 1. The van der Waals surface area contributed by atoms with Crippen LogP contribution in [0.15, 0.2) is 18.2 Å². The van der Waals surface area contributed by atoms with Gasteiger partial charge in [-0.15, -0.1) is 0 Å². The van der Waals surface area contributed by atoms with E-state index in [1.165, 1.54) is 11.1 Å². The second-order valence-electron chi connectivity index (χ2n) is 5.34. The number of hydrogen-bond donors (Lipinski definition) is 2. The van der Waals surface area contributed by atoms with Gasteiger partial charge in [-0.1, -0.05) is 32.9 Å². The van der Waals surface area contributed by atoms with Crippen LogP contribution in [0.1, 0.15) is 37.9 Å². The Labute approximate surface area is 111 Å². The van der Waals surface area contributed by atoms with Crippen LogP contribution in [-0.2, 0) is 6.42 Å². The lowest BCUT2D eigenvalue weighted by Crippen LogP contribution is -2.37. The fraction of sp³-hybridized carbons (Fsp3) is 0.600. The molecular formula is C15H26N2O. The molecule has 0 aliphatic rings. The zero-order chi connectivity index (χ0) is 13.8. The summed E-state index contributed by atoms with van der Waals surface area (Å²) in [5.41, 5.74) is 8.41. The zero-order valence-electron chi connectivity index (χ0n) is 12.2. The summed E-state index contributed by atoms with van der Waals surface area (Å²) in [5.74, 6) is 0.960. The first-order valence-electron chi connectivity index (χ1n) is 6.54. The van der Waals surface area contributed by atoms with E-state index >= 15 is 0 Å². The second kappa shape index (κ2) is 6.21. The molecule has 1 unspecified atom stereocenters. The van der Waals surface area contributed by atoms with Crippen LogP contribution >= 0.6 is 0 Å². The number of rotatable bonds is 6. The van der Waals surface area contributed by atoms with Crippen LogP contribution in [0, 0.1) is 5.41 Å². The maximum atomic E-state index is 5.88. The van der Waals surface area contributed by atoms with Crippen molar-refractivity contribution in [2.24, 2.45) is 11.1 Å². The third-order valence-corrected chi connectivity index (χ3v) is 3.61. The minimum Gasteiger partial charge on any atom is -0.496 e. The highest BCUT2D eigenvalue weighted by atomic mass is 16.5. The van der Waals surface area contributed by atoms with Gasteiger partial charge in [0, 0.05) is 6.04 Å². The second-order valence-corrected chi connectivity index (χ2v) is 5.34. The molecular weight excluding hydrogens is 224 g/mol. The first kappa shape index (κ1) is 15.0. The third-order valence-electron chi connectivity index (χ3n) is 3.61. The van der Waals surface area contributed by atoms with Crippen LogP contribution in [0.5, 0.6) is 5.75 Å². The van der Waals surface area contributed by atoms with E-state index in [1.807, 2.05) is 13.1 Å². The molecule has 102 valence electrons. The van der Waals surface area contributed by atoms with Gasteiger partial charge >= 0.3 is 0 Å². The Morgan fingerprint density at radius 1 is 1.39 bits per heavy atom. The van der Waals surface area contributed by atoms with Crippen molar-refractivity contribution in [2.75, 3.05) is 20.7 Å². The van der Waals surface area contributed by atoms with Crippen LogP contribution in [-0.4, -0.2) is 20.7 Å². The van der Waals surface area contributed by atoms with Crippen molar-refractivity contribution >= 4 is 0 Å². The molecule has 1 aromatic carbocycles. The number of nitrogens with one attached hydrogen (secondary N) is 1. The third kappa shape index (κ3) is 3.03. The smallest absolute Gasteiger partial charge is 0.122 e. The molecule has 1 atom stereocenters. The van der Waals surface area contributed by atoms with Crippen molar-refractivity contribution < 1.29 is 4.74 Å². The van der Waals surface area contributed by atoms with Crippen molar-refractivity contribution in [3.63, 3.8) is 0 Å². The molecule has 0 radical (unpaired) electrons. The van der Waals surface area contributed by atoms with Gasteiger partial charge in [0.05, 0.1) is 7.11 Å². The highest BCUT2D eigenvalue weighted by Gasteiger charge is 2.28. The van der Waals surface area contributed by atoms with Gasteiger partial charge in [0.2, 0.25) is 0 Å². The summed E-state index contributed by atoms with van der Waals surface area (Å²) in [6.07, 6.45) is 0.969. The summed E-state index contributed by atoms with van der Waals surface area (Å²) >= 11 is 0. The molecule has 0 amide bonds. The van der Waals surface area contributed by atoms with E-state index in [-0.39, 0.29) is 11.5 Å². The van der Waals surface area contributed by atoms with Crippen molar-refractivity contribution in [1.82, 2.24) is 5.32 Å². The molecule has 18 heavy (non-hydrogen) atoms. The normalized spacial score (nSPS) is 13.4. The molecule has 0 heterocycles. The van der Waals surface area contributed by atoms with Crippen molar-refractivity contribution in [2.45, 2.75) is 33.2 Å². The van der Waals surface area contributed by atoms with Gasteiger partial charge in [-0.3, -0.25) is 0 Å². The van der Waals surface area contributed by atoms with Gasteiger partial charge in [0.25, 0.3) is 0 Å². The quantitative estimate of drug-likeness (QED) is 0.815. The summed E-state index contributed by atoms with van der Waals surface area (Å²) in [7, 11) is 3.70. The van der Waals surface area contributed by atoms with Gasteiger partial charge in [-0.05, 0) is 42.6 Å². The number of methoxy groups -OCH3 is 1. The Balaban J connectivity index is 3.15. The van der Waals surface area contributed by atoms with E-state index in [4.69, 9.17) is 10.5 Å². The standard InChI is InChI=1S/C15H26N2O/c1-6-11-9-12(7-8-13(11)18-5)14(17-4)15(2,3)10-16/h7-9,14,17H,6,10,16H2,1-5H3. The average molecular weight is 250 g/mol. The van der Waals surface area contributed by atoms with Gasteiger partial charge in [0.15, 0.2) is 0 Å². The first-order valence-corrected chi connectivity index (χ1v) is 6.54. The highest BCUT2D eigenvalue weighted by Crippen LogP contribution is 2.34. The maximum absolute atomic E-state index is 5.88. The molecule has 0 aromatic heterocycles. The number of nitrogens with two attached hydrogens (primary N) is 1. The molecule has 0 saturated carbocycles. The SMILES string of the molecule is CCc1cc(C(NC)C(C)(C)CN)ccc1OC. The van der Waals surface area contributed by atoms with Crippen LogP contribution < -0.4 is 15.8 Å². The molecule has 1 aromatic rings. The fourth-order valence-corrected chi connectivity index (χ4v) is 2.38. The first-order chi connectivity index (χ1) is 8.50. The maximum Gasteiger partial charge on any atom is 0.122 e. The lowest BCUT2D eigenvalue weighted by atomic mass is 9.80. The van der Waals surface area contributed by atoms with Crippen molar-refractivity contribution in [3.8, 4) is 5.75 Å². The van der Waals surface area contributed by atoms with E-state index in [0.29, 0.717) is 6.54 Å². The van der Waals surface area contributed by atoms with E-state index in [1.54, 1.807) is 7.11 Å². The van der Waals surface area contributed by atoms with Crippen LogP contribution in [0.3, 0.4) is 0 Å². The molecule has 0 bridgehead atoms. The molecule has 0 fully saturated rings. The van der Waals surface area contributed by atoms with E-state index in [0.717, 1.165) is 12.2 Å². The monoisotopic (exact) mass is 250 g/mol. The predicted molar refractivity (Wildman–Crippen MR) is 77.0 cm³/mol. The zero-order valence-corrected chi connectivity index (χ0v) is 12.2. The molecule has 1 rings (SSSR count). The predicted octanol–water partition coefficient (Wildman–Crippen LogP) is 2.50. The molecule has 3 N–H and O–H groups in total. The molecule has 3 heteroatoms. The lowest BCUT2D eigenvalue weighted by molar-refractivity contribution is 0.265. The van der Waals surface area contributed by atoms with Crippen LogP contribution in [0.2, 0.25) is 0 Å². The molecule has 0 aliphatic carbocycles. The molecule has 0 spiro atoms. The van der Waals surface area contributed by atoms with Gasteiger partial charge in [-0.2, -0.15) is 0 Å². The Kier molecular flexibility index (Phi) is 5.17.